The zero-order valence-electron chi connectivity index (χ0n) is 12.3. The van der Waals surface area contributed by atoms with Crippen molar-refractivity contribution >= 4 is 11.3 Å². The quantitative estimate of drug-likeness (QED) is 0.797. The van der Waals surface area contributed by atoms with Crippen molar-refractivity contribution in [2.45, 2.75) is 19.9 Å². The van der Waals surface area contributed by atoms with Crippen LogP contribution in [-0.2, 0) is 0 Å². The van der Waals surface area contributed by atoms with E-state index >= 15 is 0 Å². The zero-order valence-corrected chi connectivity index (χ0v) is 13.1. The molecule has 21 heavy (non-hydrogen) atoms. The van der Waals surface area contributed by atoms with E-state index in [4.69, 9.17) is 4.42 Å². The van der Waals surface area contributed by atoms with Crippen molar-refractivity contribution in [2.24, 2.45) is 0 Å². The Labute approximate surface area is 127 Å². The second kappa shape index (κ2) is 5.79. The van der Waals surface area contributed by atoms with Gasteiger partial charge in [0.2, 0.25) is 0 Å². The van der Waals surface area contributed by atoms with E-state index in [1.807, 2.05) is 45.2 Å². The van der Waals surface area contributed by atoms with Crippen LogP contribution in [0, 0.1) is 13.8 Å². The molecule has 3 rings (SSSR count). The van der Waals surface area contributed by atoms with Crippen molar-refractivity contribution in [2.75, 3.05) is 7.05 Å². The Balaban J connectivity index is 1.95. The van der Waals surface area contributed by atoms with Gasteiger partial charge in [0.05, 0.1) is 11.6 Å². The molecule has 0 radical (unpaired) electrons. The molecule has 0 saturated carbocycles. The fraction of sp³-hybridized carbons (Fsp3) is 0.250. The Morgan fingerprint density at radius 2 is 1.90 bits per heavy atom. The molecule has 0 aliphatic carbocycles. The molecular weight excluding hydrogens is 282 g/mol. The first-order valence-electron chi connectivity index (χ1n) is 6.82. The van der Waals surface area contributed by atoms with Crippen LogP contribution in [0.5, 0.6) is 0 Å². The third kappa shape index (κ3) is 2.75. The smallest absolute Gasteiger partial charge is 0.151 e. The molecule has 4 nitrogen and oxygen atoms in total. The molecule has 0 spiro atoms. The molecule has 1 atom stereocenters. The normalized spacial score (nSPS) is 12.5. The summed E-state index contributed by atoms with van der Waals surface area (Å²) in [4.78, 5) is 0. The Kier molecular flexibility index (Phi) is 3.86. The lowest BCUT2D eigenvalue weighted by Crippen LogP contribution is -2.17. The molecule has 1 N–H and O–H groups in total. The fourth-order valence-corrected chi connectivity index (χ4v) is 3.43. The highest BCUT2D eigenvalue weighted by molar-refractivity contribution is 7.14. The van der Waals surface area contributed by atoms with Crippen molar-refractivity contribution in [1.29, 1.82) is 0 Å². The van der Waals surface area contributed by atoms with Gasteiger partial charge in [-0.25, -0.2) is 0 Å². The van der Waals surface area contributed by atoms with Gasteiger partial charge in [0.15, 0.2) is 5.01 Å². The first-order chi connectivity index (χ1) is 10.2. The highest BCUT2D eigenvalue weighted by atomic mass is 32.1. The Morgan fingerprint density at radius 3 is 2.52 bits per heavy atom. The number of aryl methyl sites for hydroxylation is 2. The van der Waals surface area contributed by atoms with E-state index in [1.165, 1.54) is 5.56 Å². The van der Waals surface area contributed by atoms with Crippen LogP contribution in [0.3, 0.4) is 0 Å². The number of benzene rings is 1. The standard InChI is InChI=1S/C16H17N3OS/c1-10-9-13(11(2)20-10)15-18-19-16(21-15)14(17-3)12-7-5-4-6-8-12/h4-9,14,17H,1-3H3. The highest BCUT2D eigenvalue weighted by Crippen LogP contribution is 2.32. The van der Waals surface area contributed by atoms with E-state index in [0.717, 1.165) is 27.1 Å². The van der Waals surface area contributed by atoms with Gasteiger partial charge >= 0.3 is 0 Å². The minimum Gasteiger partial charge on any atom is -0.466 e. The molecule has 1 unspecified atom stereocenters. The van der Waals surface area contributed by atoms with Crippen LogP contribution in [0.4, 0.5) is 0 Å². The fourth-order valence-electron chi connectivity index (χ4n) is 2.38. The van der Waals surface area contributed by atoms with Crippen LogP contribution in [0.25, 0.3) is 10.6 Å². The van der Waals surface area contributed by atoms with Gasteiger partial charge in [0, 0.05) is 0 Å². The average molecular weight is 299 g/mol. The van der Waals surface area contributed by atoms with Crippen molar-refractivity contribution in [3.8, 4) is 10.6 Å². The second-order valence-electron chi connectivity index (χ2n) is 4.90. The van der Waals surface area contributed by atoms with Gasteiger partial charge in [-0.1, -0.05) is 41.7 Å². The van der Waals surface area contributed by atoms with E-state index in [9.17, 15) is 0 Å². The minimum absolute atomic E-state index is 0.0609. The number of nitrogens with one attached hydrogen (secondary N) is 1. The lowest BCUT2D eigenvalue weighted by molar-refractivity contribution is 0.505. The molecule has 108 valence electrons. The summed E-state index contributed by atoms with van der Waals surface area (Å²) >= 11 is 1.60. The molecule has 2 heterocycles. The maximum Gasteiger partial charge on any atom is 0.151 e. The summed E-state index contributed by atoms with van der Waals surface area (Å²) < 4.78 is 5.57. The molecule has 0 saturated heterocycles. The first kappa shape index (κ1) is 14.0. The largest absolute Gasteiger partial charge is 0.466 e. The molecular formula is C16H17N3OS. The topological polar surface area (TPSA) is 51.0 Å². The molecule has 3 aromatic rings. The summed E-state index contributed by atoms with van der Waals surface area (Å²) in [5.41, 5.74) is 2.21. The van der Waals surface area contributed by atoms with Gasteiger partial charge in [-0.3, -0.25) is 0 Å². The van der Waals surface area contributed by atoms with Crippen LogP contribution >= 0.6 is 11.3 Å². The summed E-state index contributed by atoms with van der Waals surface area (Å²) in [5.74, 6) is 1.78. The van der Waals surface area contributed by atoms with Gasteiger partial charge in [0.1, 0.15) is 16.5 Å². The van der Waals surface area contributed by atoms with Crippen LogP contribution < -0.4 is 5.32 Å². The predicted octanol–water partition coefficient (Wildman–Crippen LogP) is 3.72. The Hall–Kier alpha value is -1.98. The van der Waals surface area contributed by atoms with Crippen molar-refractivity contribution in [3.63, 3.8) is 0 Å². The number of furan rings is 1. The monoisotopic (exact) mass is 299 g/mol. The molecule has 2 aromatic heterocycles. The van der Waals surface area contributed by atoms with Crippen LogP contribution in [0.15, 0.2) is 40.8 Å². The Morgan fingerprint density at radius 1 is 1.14 bits per heavy atom. The lowest BCUT2D eigenvalue weighted by atomic mass is 10.1. The number of nitrogens with zero attached hydrogens (tertiary/aromatic N) is 2. The van der Waals surface area contributed by atoms with Crippen LogP contribution in [-0.4, -0.2) is 17.2 Å². The molecule has 1 aromatic carbocycles. The summed E-state index contributed by atoms with van der Waals surface area (Å²) in [6.07, 6.45) is 0. The molecule has 0 amide bonds. The van der Waals surface area contributed by atoms with Gasteiger partial charge in [-0.15, -0.1) is 10.2 Å². The SMILES string of the molecule is CNC(c1ccccc1)c1nnc(-c2cc(C)oc2C)s1. The average Bonchev–Trinajstić information content (AvgIpc) is 3.08. The lowest BCUT2D eigenvalue weighted by Gasteiger charge is -2.12. The van der Waals surface area contributed by atoms with Gasteiger partial charge in [-0.2, -0.15) is 0 Å². The number of hydrogen-bond acceptors (Lipinski definition) is 5. The van der Waals surface area contributed by atoms with Crippen LogP contribution in [0.1, 0.15) is 28.1 Å². The molecule has 0 aliphatic heterocycles. The van der Waals surface area contributed by atoms with Gasteiger partial charge < -0.3 is 9.73 Å². The highest BCUT2D eigenvalue weighted by Gasteiger charge is 2.19. The molecule has 5 heteroatoms. The van der Waals surface area contributed by atoms with Crippen molar-refractivity contribution < 1.29 is 4.42 Å². The van der Waals surface area contributed by atoms with E-state index in [1.54, 1.807) is 11.3 Å². The van der Waals surface area contributed by atoms with E-state index in [2.05, 4.69) is 27.6 Å². The van der Waals surface area contributed by atoms with E-state index < -0.39 is 0 Å². The molecule has 0 fully saturated rings. The van der Waals surface area contributed by atoms with Gasteiger partial charge in [-0.05, 0) is 32.5 Å². The van der Waals surface area contributed by atoms with E-state index in [-0.39, 0.29) is 6.04 Å². The van der Waals surface area contributed by atoms with Crippen molar-refractivity contribution in [1.82, 2.24) is 15.5 Å². The Bertz CT molecular complexity index is 733. The van der Waals surface area contributed by atoms with Crippen molar-refractivity contribution in [3.05, 3.63) is 58.5 Å². The number of rotatable bonds is 4. The summed E-state index contributed by atoms with van der Waals surface area (Å²) in [6.45, 7) is 3.90. The zero-order chi connectivity index (χ0) is 14.8. The molecule has 0 bridgehead atoms. The maximum absolute atomic E-state index is 5.57. The summed E-state index contributed by atoms with van der Waals surface area (Å²) in [7, 11) is 1.94. The molecule has 0 aliphatic rings. The van der Waals surface area contributed by atoms with E-state index in [0.29, 0.717) is 0 Å². The second-order valence-corrected chi connectivity index (χ2v) is 5.91. The predicted molar refractivity (Wildman–Crippen MR) is 84.4 cm³/mol. The third-order valence-corrected chi connectivity index (χ3v) is 4.40. The first-order valence-corrected chi connectivity index (χ1v) is 7.63. The maximum atomic E-state index is 5.57. The number of hydrogen-bond donors (Lipinski definition) is 1. The minimum atomic E-state index is 0.0609. The number of aromatic nitrogens is 2. The van der Waals surface area contributed by atoms with Crippen LogP contribution in [0.2, 0.25) is 0 Å². The van der Waals surface area contributed by atoms with Gasteiger partial charge in [0.25, 0.3) is 0 Å². The third-order valence-electron chi connectivity index (χ3n) is 3.38. The summed E-state index contributed by atoms with van der Waals surface area (Å²) in [6, 6.07) is 12.3. The summed E-state index contributed by atoms with van der Waals surface area (Å²) in [5, 5.41) is 13.8.